The third kappa shape index (κ3) is 64.2. The summed E-state index contributed by atoms with van der Waals surface area (Å²) in [7, 11) is -0.611. The molecule has 0 bridgehead atoms. The van der Waals surface area contributed by atoms with E-state index in [2.05, 4.69) is 13.8 Å². The number of unbranched alkanes of at least 4 members (excludes halogenated alkanes) is 24. The molecule has 0 spiro atoms. The van der Waals surface area contributed by atoms with Crippen LogP contribution >= 0.6 is 0 Å². The van der Waals surface area contributed by atoms with Gasteiger partial charge in [0.05, 0.1) is 0 Å². The maximum Gasteiger partial charge on any atom is 2.00 e. The van der Waals surface area contributed by atoms with Gasteiger partial charge in [-0.2, -0.15) is 0 Å². The van der Waals surface area contributed by atoms with Gasteiger partial charge in [-0.25, -0.2) is 0 Å². The van der Waals surface area contributed by atoms with E-state index >= 15 is 0 Å². The number of hydrogen-bond donors (Lipinski definition) is 0. The third-order valence-corrected chi connectivity index (χ3v) is 6.97. The minimum absolute atomic E-state index is 0. The molecule has 244 valence electrons. The molecule has 0 aliphatic carbocycles. The van der Waals surface area contributed by atoms with Crippen molar-refractivity contribution in [3.8, 4) is 0 Å². The minimum Gasteiger partial charge on any atom is -0.550 e. The molecule has 41 heavy (non-hydrogen) atoms. The zero-order chi connectivity index (χ0) is 30.5. The van der Waals surface area contributed by atoms with Gasteiger partial charge >= 0.3 is 27.3 Å². The first-order valence-corrected chi connectivity index (χ1v) is 18.9. The molecular weight excluding hydrogens is 728 g/mol. The topological polar surface area (TPSA) is 97.3 Å². The van der Waals surface area contributed by atoms with Gasteiger partial charge in [-0.15, -0.1) is 0 Å². The van der Waals surface area contributed by atoms with Crippen molar-refractivity contribution < 1.29 is 24.0 Å². The summed E-state index contributed by atoms with van der Waals surface area (Å²) in [6, 6.07) is 0. The van der Waals surface area contributed by atoms with Gasteiger partial charge in [0.1, 0.15) is 0 Å². The fourth-order valence-electron chi connectivity index (χ4n) is 4.57. The number of hydrogen-bond acceptors (Lipinski definition) is 5. The standard InChI is InChI=1S/2C16H32O2.C2H6OS.Pb/c2*1-2-3-4-5-6-7-8-9-10-11-12-13-14-15-16(17)18;1-4(2)3;/h2*2-15H2,1H3,(H,17,18);1-2H3;/q;;;+2/p-2. The number of aliphatic carboxylic acids is 2. The van der Waals surface area contributed by atoms with Gasteiger partial charge in [-0.1, -0.05) is 168 Å². The fraction of sp³-hybridized carbons (Fsp3) is 0.941. The molecule has 0 atom stereocenters. The van der Waals surface area contributed by atoms with Crippen molar-refractivity contribution in [3.63, 3.8) is 0 Å². The van der Waals surface area contributed by atoms with E-state index in [9.17, 15) is 24.0 Å². The van der Waals surface area contributed by atoms with Gasteiger partial charge in [-0.3, -0.25) is 4.21 Å². The molecule has 0 N–H and O–H groups in total. The number of carboxylic acid groups (broad SMARTS) is 2. The van der Waals surface area contributed by atoms with Crippen LogP contribution in [0.1, 0.15) is 194 Å². The van der Waals surface area contributed by atoms with Gasteiger partial charge in [0, 0.05) is 35.2 Å². The fourth-order valence-corrected chi connectivity index (χ4v) is 4.57. The Morgan fingerprint density at radius 2 is 0.561 bits per heavy atom. The van der Waals surface area contributed by atoms with Crippen molar-refractivity contribution >= 4 is 50.0 Å². The van der Waals surface area contributed by atoms with Crippen LogP contribution in [0.15, 0.2) is 0 Å². The van der Waals surface area contributed by atoms with Crippen LogP contribution in [0.5, 0.6) is 0 Å². The molecule has 0 saturated carbocycles. The van der Waals surface area contributed by atoms with E-state index < -0.39 is 22.7 Å². The monoisotopic (exact) mass is 796 g/mol. The summed E-state index contributed by atoms with van der Waals surface area (Å²) in [4.78, 5) is 20.4. The summed E-state index contributed by atoms with van der Waals surface area (Å²) in [6.07, 6.45) is 37.1. The zero-order valence-electron chi connectivity index (χ0n) is 27.7. The summed E-state index contributed by atoms with van der Waals surface area (Å²) in [5.41, 5.74) is 0. The van der Waals surface area contributed by atoms with Crippen LogP contribution in [0.25, 0.3) is 0 Å². The molecule has 0 heterocycles. The Kier molecular flexibility index (Phi) is 52.0. The van der Waals surface area contributed by atoms with Gasteiger partial charge in [0.25, 0.3) is 0 Å². The van der Waals surface area contributed by atoms with E-state index in [1.165, 1.54) is 141 Å². The number of carboxylic acids is 2. The molecule has 0 unspecified atom stereocenters. The van der Waals surface area contributed by atoms with Gasteiger partial charge in [0.15, 0.2) is 0 Å². The van der Waals surface area contributed by atoms with Crippen molar-refractivity contribution in [2.75, 3.05) is 12.5 Å². The van der Waals surface area contributed by atoms with Gasteiger partial charge in [0.2, 0.25) is 0 Å². The Balaban J connectivity index is -0.000000288. The van der Waals surface area contributed by atoms with Crippen LogP contribution < -0.4 is 10.2 Å². The molecule has 0 saturated heterocycles. The van der Waals surface area contributed by atoms with Crippen molar-refractivity contribution in [1.82, 2.24) is 0 Å². The maximum absolute atomic E-state index is 10.2. The van der Waals surface area contributed by atoms with Crippen LogP contribution in [-0.2, 0) is 20.4 Å². The normalized spacial score (nSPS) is 10.3. The zero-order valence-corrected chi connectivity index (χ0v) is 32.5. The average molecular weight is 796 g/mol. The molecule has 0 rings (SSSR count). The van der Waals surface area contributed by atoms with E-state index in [1.807, 2.05) is 0 Å². The molecular formula is C34H68O5PbS. The Morgan fingerprint density at radius 3 is 0.707 bits per heavy atom. The van der Waals surface area contributed by atoms with Gasteiger partial charge in [-0.05, 0) is 25.7 Å². The second-order valence-electron chi connectivity index (χ2n) is 11.5. The summed E-state index contributed by atoms with van der Waals surface area (Å²) in [6.45, 7) is 4.51. The molecule has 0 amide bonds. The number of carbonyl (C=O) groups is 2. The first kappa shape index (κ1) is 47.9. The Morgan fingerprint density at radius 1 is 0.415 bits per heavy atom. The van der Waals surface area contributed by atoms with Crippen molar-refractivity contribution in [1.29, 1.82) is 0 Å². The predicted molar refractivity (Wildman–Crippen MR) is 176 cm³/mol. The number of rotatable bonds is 28. The van der Waals surface area contributed by atoms with E-state index in [0.29, 0.717) is 0 Å². The van der Waals surface area contributed by atoms with Crippen molar-refractivity contribution in [2.24, 2.45) is 0 Å². The van der Waals surface area contributed by atoms with Crippen LogP contribution in [0.2, 0.25) is 0 Å². The largest absolute Gasteiger partial charge is 2.00 e. The van der Waals surface area contributed by atoms with Crippen LogP contribution in [-0.4, -0.2) is 56.0 Å². The molecule has 0 aromatic carbocycles. The summed E-state index contributed by atoms with van der Waals surface area (Å²) in [5.74, 6) is -1.81. The Bertz CT molecular complexity index is 487. The molecule has 0 aromatic rings. The minimum atomic E-state index is -0.905. The first-order valence-electron chi connectivity index (χ1n) is 16.9. The van der Waals surface area contributed by atoms with E-state index in [1.54, 1.807) is 12.5 Å². The van der Waals surface area contributed by atoms with Crippen molar-refractivity contribution in [3.05, 3.63) is 0 Å². The molecule has 2 radical (unpaired) electrons. The second-order valence-corrected chi connectivity index (χ2v) is 13.0. The second kappa shape index (κ2) is 44.5. The predicted octanol–water partition coefficient (Wildman–Crippen LogP) is 8.05. The molecule has 0 aliphatic heterocycles. The Labute approximate surface area is 278 Å². The molecule has 0 aromatic heterocycles. The molecule has 0 aliphatic rings. The van der Waals surface area contributed by atoms with Crippen LogP contribution in [0, 0.1) is 0 Å². The van der Waals surface area contributed by atoms with E-state index in [4.69, 9.17) is 0 Å². The number of carbonyl (C=O) groups excluding carboxylic acids is 2. The third-order valence-electron chi connectivity index (χ3n) is 6.97. The van der Waals surface area contributed by atoms with Crippen molar-refractivity contribution in [2.45, 2.75) is 194 Å². The maximum atomic E-state index is 10.2. The smallest absolute Gasteiger partial charge is 0.550 e. The SMILES string of the molecule is CCCCCCCCCCCCCCCC(=O)[O-].CCCCCCCCCCCCCCCC(=O)[O-].CS(C)=O.[Pb+2]. The van der Waals surface area contributed by atoms with Crippen LogP contribution in [0.4, 0.5) is 0 Å². The Hall–Kier alpha value is 0.0121. The summed E-state index contributed by atoms with van der Waals surface area (Å²) < 4.78 is 9.56. The molecule has 5 nitrogen and oxygen atoms in total. The quantitative estimate of drug-likeness (QED) is 0.0590. The molecule has 0 fully saturated rings. The average Bonchev–Trinajstić information content (AvgIpc) is 2.89. The summed E-state index contributed by atoms with van der Waals surface area (Å²) in [5, 5.41) is 20.4. The van der Waals surface area contributed by atoms with E-state index in [0.717, 1.165) is 25.7 Å². The molecule has 7 heteroatoms. The first-order chi connectivity index (χ1) is 19.3. The van der Waals surface area contributed by atoms with Crippen LogP contribution in [0.3, 0.4) is 0 Å². The summed E-state index contributed by atoms with van der Waals surface area (Å²) >= 11 is 0. The van der Waals surface area contributed by atoms with E-state index in [-0.39, 0.29) is 40.1 Å². The van der Waals surface area contributed by atoms with Gasteiger partial charge < -0.3 is 19.8 Å².